The molecule has 75 heavy (non-hydrogen) atoms. The minimum atomic E-state index is -0.660. The molecule has 0 saturated carbocycles. The molecule has 1 heteroatoms. The second kappa shape index (κ2) is 18.2. The van der Waals surface area contributed by atoms with E-state index in [4.69, 9.17) is 0 Å². The van der Waals surface area contributed by atoms with Gasteiger partial charge in [-0.25, -0.2) is 0 Å². The molecule has 0 spiro atoms. The Hall–Kier alpha value is -9.56. The Morgan fingerprint density at radius 2 is 0.587 bits per heavy atom. The fourth-order valence-corrected chi connectivity index (χ4v) is 12.9. The van der Waals surface area contributed by atoms with Crippen LogP contribution >= 0.6 is 0 Å². The van der Waals surface area contributed by atoms with Crippen LogP contribution in [0.25, 0.3) is 55.6 Å². The highest BCUT2D eigenvalue weighted by Crippen LogP contribution is 2.62. The van der Waals surface area contributed by atoms with E-state index in [1.165, 1.54) is 89.0 Å². The Bertz CT molecular complexity index is 3890. The first-order chi connectivity index (χ1) is 37.2. The molecule has 2 aliphatic carbocycles. The van der Waals surface area contributed by atoms with Crippen LogP contribution in [0.5, 0.6) is 0 Å². The molecule has 0 saturated heterocycles. The Labute approximate surface area is 440 Å². The van der Waals surface area contributed by atoms with Gasteiger partial charge in [-0.15, -0.1) is 0 Å². The van der Waals surface area contributed by atoms with Crippen molar-refractivity contribution in [2.24, 2.45) is 0 Å². The van der Waals surface area contributed by atoms with Gasteiger partial charge in [0.15, 0.2) is 0 Å². The average molecular weight is 954 g/mol. The summed E-state index contributed by atoms with van der Waals surface area (Å²) in [7, 11) is 0. The number of anilines is 3. The van der Waals surface area contributed by atoms with Crippen molar-refractivity contribution in [2.45, 2.75) is 10.8 Å². The van der Waals surface area contributed by atoms with Gasteiger partial charge in [0.05, 0.1) is 22.2 Å². The van der Waals surface area contributed by atoms with Gasteiger partial charge in [-0.3, -0.25) is 0 Å². The van der Waals surface area contributed by atoms with Crippen LogP contribution in [0.3, 0.4) is 0 Å². The SMILES string of the molecule is c1ccc(-c2ccc(C3(c4ccc(-c5ccccc5)cc4)c4ccccc4-c4c(N(c5ccc6c(c5)C(c5ccccc5)(c5ccccc5)c5ccccc5-6)c5ccccc5-c5ccccc5)cccc43)cc2)cc1. The van der Waals surface area contributed by atoms with E-state index < -0.39 is 10.8 Å². The molecule has 0 heterocycles. The Kier molecular flexibility index (Phi) is 10.7. The predicted octanol–water partition coefficient (Wildman–Crippen LogP) is 18.9. The van der Waals surface area contributed by atoms with Gasteiger partial charge in [0, 0.05) is 16.8 Å². The minimum Gasteiger partial charge on any atom is -0.309 e. The Morgan fingerprint density at radius 3 is 1.15 bits per heavy atom. The van der Waals surface area contributed by atoms with Gasteiger partial charge in [0.2, 0.25) is 0 Å². The van der Waals surface area contributed by atoms with Gasteiger partial charge < -0.3 is 4.90 Å². The zero-order chi connectivity index (χ0) is 49.8. The van der Waals surface area contributed by atoms with Crippen LogP contribution in [0.1, 0.15) is 44.5 Å². The molecule has 0 aliphatic heterocycles. The number of hydrogen-bond acceptors (Lipinski definition) is 1. The van der Waals surface area contributed by atoms with Crippen molar-refractivity contribution >= 4 is 17.1 Å². The van der Waals surface area contributed by atoms with E-state index in [1.54, 1.807) is 0 Å². The summed E-state index contributed by atoms with van der Waals surface area (Å²) in [6, 6.07) is 115. The van der Waals surface area contributed by atoms with Crippen molar-refractivity contribution in [2.75, 3.05) is 4.90 Å². The molecular weight excluding hydrogens is 903 g/mol. The molecule has 352 valence electrons. The maximum Gasteiger partial charge on any atom is 0.0714 e. The van der Waals surface area contributed by atoms with Gasteiger partial charge in [-0.05, 0) is 113 Å². The zero-order valence-corrected chi connectivity index (χ0v) is 41.4. The minimum absolute atomic E-state index is 0.576. The number of benzene rings is 12. The Balaban J connectivity index is 1.06. The third kappa shape index (κ3) is 6.93. The van der Waals surface area contributed by atoms with E-state index in [0.29, 0.717) is 0 Å². The standard InChI is InChI=1S/C74H51N/c1-6-23-52(24-7-1)54-41-45-59(46-42-54)73(60-47-43-55(44-48-60)53-25-8-2-9-26-53)67-37-20-17-35-65(67)72-68(73)38-22-40-71(72)75(70-39-21-18-33-62(70)56-27-10-3-11-28-56)61-49-50-64-63-34-16-19-36-66(63)74(69(64)51-61,57-29-12-4-13-30-57)58-31-14-5-15-32-58/h1-51H. The molecule has 0 atom stereocenters. The summed E-state index contributed by atoms with van der Waals surface area (Å²) in [4.78, 5) is 2.56. The van der Waals surface area contributed by atoms with Crippen molar-refractivity contribution < 1.29 is 0 Å². The lowest BCUT2D eigenvalue weighted by atomic mass is 9.67. The summed E-state index contributed by atoms with van der Waals surface area (Å²) in [6.45, 7) is 0. The summed E-state index contributed by atoms with van der Waals surface area (Å²) >= 11 is 0. The number of hydrogen-bond donors (Lipinski definition) is 0. The fourth-order valence-electron chi connectivity index (χ4n) is 12.9. The van der Waals surface area contributed by atoms with Gasteiger partial charge in [0.25, 0.3) is 0 Å². The molecule has 0 fully saturated rings. The van der Waals surface area contributed by atoms with Crippen LogP contribution in [0.4, 0.5) is 17.1 Å². The predicted molar refractivity (Wildman–Crippen MR) is 312 cm³/mol. The molecule has 2 aliphatic rings. The molecule has 12 aromatic carbocycles. The highest BCUT2D eigenvalue weighted by molar-refractivity contribution is 6.00. The summed E-state index contributed by atoms with van der Waals surface area (Å²) in [5.41, 5.74) is 24.1. The van der Waals surface area contributed by atoms with E-state index in [0.717, 1.165) is 28.2 Å². The lowest BCUT2D eigenvalue weighted by Crippen LogP contribution is -2.29. The second-order valence-corrected chi connectivity index (χ2v) is 19.9. The summed E-state index contributed by atoms with van der Waals surface area (Å²) in [6.07, 6.45) is 0. The summed E-state index contributed by atoms with van der Waals surface area (Å²) in [5, 5.41) is 0. The van der Waals surface area contributed by atoms with Crippen LogP contribution in [0, 0.1) is 0 Å². The van der Waals surface area contributed by atoms with Crippen molar-refractivity contribution in [3.63, 3.8) is 0 Å². The van der Waals surface area contributed by atoms with Crippen molar-refractivity contribution in [3.8, 4) is 55.6 Å². The number of fused-ring (bicyclic) bond motifs is 6. The lowest BCUT2D eigenvalue weighted by Gasteiger charge is -2.36. The van der Waals surface area contributed by atoms with Crippen molar-refractivity contribution in [1.82, 2.24) is 0 Å². The quantitative estimate of drug-likeness (QED) is 0.132. The maximum atomic E-state index is 2.56. The topological polar surface area (TPSA) is 3.24 Å². The monoisotopic (exact) mass is 953 g/mol. The molecule has 0 aromatic heterocycles. The van der Waals surface area contributed by atoms with Crippen molar-refractivity contribution in [1.29, 1.82) is 0 Å². The average Bonchev–Trinajstić information content (AvgIpc) is 4.06. The number of nitrogens with zero attached hydrogens (tertiary/aromatic N) is 1. The van der Waals surface area contributed by atoms with E-state index in [2.05, 4.69) is 314 Å². The first kappa shape index (κ1) is 44.2. The van der Waals surface area contributed by atoms with Crippen LogP contribution in [-0.4, -0.2) is 0 Å². The normalized spacial score (nSPS) is 13.3. The summed E-state index contributed by atoms with van der Waals surface area (Å²) < 4.78 is 0. The molecule has 0 amide bonds. The van der Waals surface area contributed by atoms with Gasteiger partial charge in [-0.1, -0.05) is 285 Å². The van der Waals surface area contributed by atoms with Crippen LogP contribution in [-0.2, 0) is 10.8 Å². The molecule has 0 radical (unpaired) electrons. The first-order valence-corrected chi connectivity index (χ1v) is 26.1. The van der Waals surface area contributed by atoms with E-state index in [1.807, 2.05) is 0 Å². The number of rotatable bonds is 10. The second-order valence-electron chi connectivity index (χ2n) is 19.9. The lowest BCUT2D eigenvalue weighted by molar-refractivity contribution is 0.768. The van der Waals surface area contributed by atoms with E-state index in [-0.39, 0.29) is 0 Å². The van der Waals surface area contributed by atoms with E-state index in [9.17, 15) is 0 Å². The largest absolute Gasteiger partial charge is 0.309 e. The van der Waals surface area contributed by atoms with Gasteiger partial charge in [-0.2, -0.15) is 0 Å². The molecule has 1 nitrogen and oxygen atoms in total. The smallest absolute Gasteiger partial charge is 0.0714 e. The molecule has 0 bridgehead atoms. The molecule has 0 unspecified atom stereocenters. The third-order valence-corrected chi connectivity index (χ3v) is 16.1. The fraction of sp³-hybridized carbons (Fsp3) is 0.0270. The van der Waals surface area contributed by atoms with Crippen LogP contribution < -0.4 is 4.90 Å². The first-order valence-electron chi connectivity index (χ1n) is 26.1. The van der Waals surface area contributed by atoms with Gasteiger partial charge >= 0.3 is 0 Å². The summed E-state index contributed by atoms with van der Waals surface area (Å²) in [5.74, 6) is 0. The van der Waals surface area contributed by atoms with Gasteiger partial charge in [0.1, 0.15) is 0 Å². The maximum absolute atomic E-state index is 2.56. The molecule has 12 aromatic rings. The zero-order valence-electron chi connectivity index (χ0n) is 41.4. The van der Waals surface area contributed by atoms with E-state index >= 15 is 0 Å². The van der Waals surface area contributed by atoms with Crippen molar-refractivity contribution in [3.05, 3.63) is 354 Å². The number of para-hydroxylation sites is 1. The van der Waals surface area contributed by atoms with Crippen LogP contribution in [0.15, 0.2) is 309 Å². The third-order valence-electron chi connectivity index (χ3n) is 16.1. The Morgan fingerprint density at radius 1 is 0.213 bits per heavy atom. The molecule has 0 N–H and O–H groups in total. The molecular formula is C74H51N. The highest BCUT2D eigenvalue weighted by atomic mass is 15.1. The van der Waals surface area contributed by atoms with Crippen LogP contribution in [0.2, 0.25) is 0 Å². The highest BCUT2D eigenvalue weighted by Gasteiger charge is 2.49. The molecule has 14 rings (SSSR count).